The first-order valence-electron chi connectivity index (χ1n) is 11.8. The van der Waals surface area contributed by atoms with E-state index in [1.807, 2.05) is 31.2 Å². The number of rotatable bonds is 11. The highest BCUT2D eigenvalue weighted by Crippen LogP contribution is 2.44. The first-order valence-corrected chi connectivity index (χ1v) is 11.8. The predicted octanol–water partition coefficient (Wildman–Crippen LogP) is 4.84. The lowest BCUT2D eigenvalue weighted by Crippen LogP contribution is -2.47. The molecule has 0 heterocycles. The number of carbonyl (C=O) groups excluding carboxylic acids is 2. The maximum Gasteiger partial charge on any atom is 0.407 e. The minimum atomic E-state index is -0.900. The molecular formula is C27H34N2O5. The van der Waals surface area contributed by atoms with Crippen molar-refractivity contribution >= 4 is 18.0 Å². The Hall–Kier alpha value is -3.35. The Balaban J connectivity index is 1.56. The Morgan fingerprint density at radius 3 is 2.18 bits per heavy atom. The molecule has 0 aromatic heterocycles. The predicted molar refractivity (Wildman–Crippen MR) is 131 cm³/mol. The van der Waals surface area contributed by atoms with Gasteiger partial charge in [-0.25, -0.2) is 4.79 Å². The molecule has 0 radical (unpaired) electrons. The molecule has 34 heavy (non-hydrogen) atoms. The average Bonchev–Trinajstić information content (AvgIpc) is 3.10. The van der Waals surface area contributed by atoms with Gasteiger partial charge in [-0.05, 0) is 48.9 Å². The van der Waals surface area contributed by atoms with E-state index in [-0.39, 0.29) is 37.3 Å². The second-order valence-corrected chi connectivity index (χ2v) is 9.49. The van der Waals surface area contributed by atoms with E-state index in [2.05, 4.69) is 34.9 Å². The van der Waals surface area contributed by atoms with E-state index in [0.29, 0.717) is 12.8 Å². The van der Waals surface area contributed by atoms with Gasteiger partial charge in [-0.3, -0.25) is 9.59 Å². The molecule has 0 bridgehead atoms. The highest BCUT2D eigenvalue weighted by Gasteiger charge is 2.29. The quantitative estimate of drug-likeness (QED) is 0.439. The summed E-state index contributed by atoms with van der Waals surface area (Å²) in [5.74, 6) is -1.16. The number of hydrogen-bond acceptors (Lipinski definition) is 4. The summed E-state index contributed by atoms with van der Waals surface area (Å²) in [4.78, 5) is 36.0. The van der Waals surface area contributed by atoms with Gasteiger partial charge in [0.2, 0.25) is 5.91 Å². The Morgan fingerprint density at radius 2 is 1.62 bits per heavy atom. The van der Waals surface area contributed by atoms with Crippen LogP contribution in [0.4, 0.5) is 4.79 Å². The molecule has 0 spiro atoms. The van der Waals surface area contributed by atoms with Crippen LogP contribution in [-0.2, 0) is 14.3 Å². The van der Waals surface area contributed by atoms with E-state index in [9.17, 15) is 14.4 Å². The number of carbonyl (C=O) groups is 3. The first kappa shape index (κ1) is 25.3. The highest BCUT2D eigenvalue weighted by molar-refractivity contribution is 5.80. The Bertz CT molecular complexity index is 988. The molecule has 0 fully saturated rings. The van der Waals surface area contributed by atoms with Crippen LogP contribution in [0.15, 0.2) is 48.5 Å². The molecule has 1 aliphatic rings. The number of ether oxygens (including phenoxy) is 1. The van der Waals surface area contributed by atoms with Gasteiger partial charge in [-0.2, -0.15) is 0 Å². The summed E-state index contributed by atoms with van der Waals surface area (Å²) in [6.07, 6.45) is 1.29. The van der Waals surface area contributed by atoms with Crippen molar-refractivity contribution in [3.63, 3.8) is 0 Å². The molecule has 0 unspecified atom stereocenters. The molecule has 2 aromatic rings. The normalized spacial score (nSPS) is 13.5. The van der Waals surface area contributed by atoms with Crippen LogP contribution in [0.1, 0.15) is 69.9 Å². The van der Waals surface area contributed by atoms with Crippen molar-refractivity contribution < 1.29 is 24.2 Å². The molecule has 7 nitrogen and oxygen atoms in total. The van der Waals surface area contributed by atoms with Crippen LogP contribution < -0.4 is 10.6 Å². The minimum Gasteiger partial charge on any atom is -0.481 e. The van der Waals surface area contributed by atoms with E-state index >= 15 is 0 Å². The SMILES string of the molecule is CCC[C@H](CC(=O)NC(C)(C)CCC(=O)O)NC(=O)OCC1c2ccccc2-c2ccccc21. The van der Waals surface area contributed by atoms with Crippen LogP contribution in [0, 0.1) is 0 Å². The van der Waals surface area contributed by atoms with Crippen molar-refractivity contribution in [1.82, 2.24) is 10.6 Å². The van der Waals surface area contributed by atoms with Crippen LogP contribution in [0.2, 0.25) is 0 Å². The largest absolute Gasteiger partial charge is 0.481 e. The molecule has 1 atom stereocenters. The average molecular weight is 467 g/mol. The van der Waals surface area contributed by atoms with E-state index in [0.717, 1.165) is 28.7 Å². The molecule has 2 aromatic carbocycles. The topological polar surface area (TPSA) is 105 Å². The maximum absolute atomic E-state index is 12.6. The fourth-order valence-electron chi connectivity index (χ4n) is 4.51. The molecule has 1 aliphatic carbocycles. The van der Waals surface area contributed by atoms with Gasteiger partial charge in [0.15, 0.2) is 0 Å². The summed E-state index contributed by atoms with van der Waals surface area (Å²) in [5, 5.41) is 14.6. The molecule has 7 heteroatoms. The second kappa shape index (κ2) is 11.2. The van der Waals surface area contributed by atoms with Crippen LogP contribution in [0.25, 0.3) is 11.1 Å². The van der Waals surface area contributed by atoms with Gasteiger partial charge in [0, 0.05) is 30.3 Å². The zero-order valence-electron chi connectivity index (χ0n) is 20.1. The first-order chi connectivity index (χ1) is 16.2. The van der Waals surface area contributed by atoms with Crippen LogP contribution in [0.3, 0.4) is 0 Å². The number of benzene rings is 2. The highest BCUT2D eigenvalue weighted by atomic mass is 16.5. The molecule has 0 saturated carbocycles. The molecular weight excluding hydrogens is 432 g/mol. The van der Waals surface area contributed by atoms with Gasteiger partial charge in [-0.15, -0.1) is 0 Å². The minimum absolute atomic E-state index is 0.0241. The van der Waals surface area contributed by atoms with Gasteiger partial charge in [-0.1, -0.05) is 61.9 Å². The zero-order chi connectivity index (χ0) is 24.7. The summed E-state index contributed by atoms with van der Waals surface area (Å²) in [7, 11) is 0. The summed E-state index contributed by atoms with van der Waals surface area (Å²) in [6, 6.07) is 15.9. The van der Waals surface area contributed by atoms with Gasteiger partial charge < -0.3 is 20.5 Å². The zero-order valence-corrected chi connectivity index (χ0v) is 20.1. The maximum atomic E-state index is 12.6. The number of alkyl carbamates (subject to hydrolysis) is 1. The lowest BCUT2D eigenvalue weighted by atomic mass is 9.97. The van der Waals surface area contributed by atoms with Crippen molar-refractivity contribution in [2.45, 2.75) is 70.4 Å². The standard InChI is InChI=1S/C27H34N2O5/c1-4-9-18(16-24(30)29-27(2,3)15-14-25(31)32)28-26(33)34-17-23-21-12-7-5-10-19(21)20-11-6-8-13-22(20)23/h5-8,10-13,18,23H,4,9,14-17H2,1-3H3,(H,28,33)(H,29,30)(H,31,32)/t18-/m1/s1. The van der Waals surface area contributed by atoms with Crippen molar-refractivity contribution in [3.8, 4) is 11.1 Å². The van der Waals surface area contributed by atoms with E-state index in [1.165, 1.54) is 0 Å². The van der Waals surface area contributed by atoms with Gasteiger partial charge in [0.05, 0.1) is 0 Å². The summed E-state index contributed by atoms with van der Waals surface area (Å²) >= 11 is 0. The van der Waals surface area contributed by atoms with Crippen LogP contribution in [-0.4, -0.2) is 41.3 Å². The van der Waals surface area contributed by atoms with Crippen molar-refractivity contribution in [2.24, 2.45) is 0 Å². The van der Waals surface area contributed by atoms with E-state index in [1.54, 1.807) is 13.8 Å². The van der Waals surface area contributed by atoms with Crippen molar-refractivity contribution in [2.75, 3.05) is 6.61 Å². The summed E-state index contributed by atoms with van der Waals surface area (Å²) < 4.78 is 5.62. The van der Waals surface area contributed by atoms with Gasteiger partial charge >= 0.3 is 12.1 Å². The molecule has 0 aliphatic heterocycles. The monoisotopic (exact) mass is 466 g/mol. The van der Waals surface area contributed by atoms with Crippen LogP contribution in [0.5, 0.6) is 0 Å². The third-order valence-corrected chi connectivity index (χ3v) is 6.18. The Labute approximate surface area is 200 Å². The molecule has 3 rings (SSSR count). The van der Waals surface area contributed by atoms with Crippen LogP contribution >= 0.6 is 0 Å². The fraction of sp³-hybridized carbons (Fsp3) is 0.444. The number of carboxylic acid groups (broad SMARTS) is 1. The third kappa shape index (κ3) is 6.59. The number of fused-ring (bicyclic) bond motifs is 3. The molecule has 3 N–H and O–H groups in total. The molecule has 182 valence electrons. The number of hydrogen-bond donors (Lipinski definition) is 3. The number of nitrogens with one attached hydrogen (secondary N) is 2. The smallest absolute Gasteiger partial charge is 0.407 e. The van der Waals surface area contributed by atoms with E-state index < -0.39 is 17.6 Å². The third-order valence-electron chi connectivity index (χ3n) is 6.18. The second-order valence-electron chi connectivity index (χ2n) is 9.49. The lowest BCUT2D eigenvalue weighted by Gasteiger charge is -2.27. The van der Waals surface area contributed by atoms with Gasteiger partial charge in [0.1, 0.15) is 6.61 Å². The molecule has 2 amide bonds. The number of carboxylic acids is 1. The Morgan fingerprint density at radius 1 is 1.03 bits per heavy atom. The summed E-state index contributed by atoms with van der Waals surface area (Å²) in [5.41, 5.74) is 3.97. The lowest BCUT2D eigenvalue weighted by molar-refractivity contribution is -0.137. The van der Waals surface area contributed by atoms with E-state index in [4.69, 9.17) is 9.84 Å². The number of aliphatic carboxylic acids is 1. The Kier molecular flexibility index (Phi) is 8.31. The van der Waals surface area contributed by atoms with Crippen molar-refractivity contribution in [1.29, 1.82) is 0 Å². The number of amides is 2. The molecule has 0 saturated heterocycles. The van der Waals surface area contributed by atoms with Crippen molar-refractivity contribution in [3.05, 3.63) is 59.7 Å². The fourth-order valence-corrected chi connectivity index (χ4v) is 4.51. The van der Waals surface area contributed by atoms with Gasteiger partial charge in [0.25, 0.3) is 0 Å². The summed E-state index contributed by atoms with van der Waals surface area (Å²) in [6.45, 7) is 5.79.